The van der Waals surface area contributed by atoms with Crippen molar-refractivity contribution in [1.82, 2.24) is 34.0 Å². The summed E-state index contributed by atoms with van der Waals surface area (Å²) in [6.45, 7) is 4.25. The summed E-state index contributed by atoms with van der Waals surface area (Å²) in [7, 11) is 3.66. The number of hydrogen-bond donors (Lipinski definition) is 4. The van der Waals surface area contributed by atoms with Crippen molar-refractivity contribution < 1.29 is 19.4 Å². The van der Waals surface area contributed by atoms with Crippen LogP contribution in [0.15, 0.2) is 170 Å². The second-order valence-electron chi connectivity index (χ2n) is 15.3. The van der Waals surface area contributed by atoms with Gasteiger partial charge in [-0.25, -0.2) is 9.48 Å². The number of carbonyl (C=O) groups excluding carboxylic acids is 1. The predicted molar refractivity (Wildman–Crippen MR) is 256 cm³/mol. The van der Waals surface area contributed by atoms with Crippen molar-refractivity contribution in [3.63, 3.8) is 0 Å². The molecule has 0 radical (unpaired) electrons. The zero-order valence-electron chi connectivity index (χ0n) is 36.6. The van der Waals surface area contributed by atoms with Crippen molar-refractivity contribution in [3.8, 4) is 33.9 Å². The topological polar surface area (TPSA) is 166 Å². The molecule has 0 saturated carbocycles. The highest BCUT2D eigenvalue weighted by Crippen LogP contribution is 2.24. The Hall–Kier alpha value is -8.58. The highest BCUT2D eigenvalue weighted by Gasteiger charge is 2.19. The third kappa shape index (κ3) is 9.44. The Morgan fingerprint density at radius 2 is 1.29 bits per heavy atom. The van der Waals surface area contributed by atoms with Crippen molar-refractivity contribution >= 4 is 45.1 Å². The summed E-state index contributed by atoms with van der Waals surface area (Å²) >= 11 is 0. The monoisotopic (exact) mass is 861 g/mol. The molecule has 4 aromatic carbocycles. The number of hydrogen-bond acceptors (Lipinski definition) is 6. The maximum absolute atomic E-state index is 12.9. The summed E-state index contributed by atoms with van der Waals surface area (Å²) in [6.07, 6.45) is 9.01. The number of aromatic nitrogens is 8. The van der Waals surface area contributed by atoms with Gasteiger partial charge in [0.1, 0.15) is 17.1 Å². The number of aryl methyl sites for hydroxylation is 4. The molecule has 0 saturated heterocycles. The van der Waals surface area contributed by atoms with E-state index in [1.807, 2.05) is 156 Å². The SMILES string of the molecule is CCc1cc(-c2cccnc2)[nH][n+]1-c1ccc(N)cc1.CCc1cc(-c2cccnc2)nn1-c1ccc(NC(=O)c2cc3ccccc3n2C)cc1.Cn1c(C(=O)O)cc2ccccc21. The van der Waals surface area contributed by atoms with E-state index in [4.69, 9.17) is 15.9 Å². The zero-order chi connectivity index (χ0) is 45.5. The zero-order valence-corrected chi connectivity index (χ0v) is 36.6. The number of fused-ring (bicyclic) bond motifs is 2. The number of amides is 1. The first kappa shape index (κ1) is 43.1. The molecule has 5 N–H and O–H groups in total. The van der Waals surface area contributed by atoms with Gasteiger partial charge in [-0.15, -0.1) is 0 Å². The van der Waals surface area contributed by atoms with E-state index in [9.17, 15) is 9.59 Å². The van der Waals surface area contributed by atoms with E-state index in [1.165, 1.54) is 5.69 Å². The summed E-state index contributed by atoms with van der Waals surface area (Å²) in [5, 5.41) is 22.1. The molecule has 10 rings (SSSR count). The predicted octanol–water partition coefficient (Wildman–Crippen LogP) is 9.62. The smallest absolute Gasteiger partial charge is 0.352 e. The lowest BCUT2D eigenvalue weighted by atomic mass is 10.2. The van der Waals surface area contributed by atoms with Crippen LogP contribution < -0.4 is 15.7 Å². The number of carboxylic acids is 1. The lowest BCUT2D eigenvalue weighted by molar-refractivity contribution is -0.662. The van der Waals surface area contributed by atoms with Crippen LogP contribution in [0.4, 0.5) is 11.4 Å². The second kappa shape index (κ2) is 19.2. The number of carboxylic acid groups (broad SMARTS) is 1. The van der Waals surface area contributed by atoms with Crippen LogP contribution in [0.1, 0.15) is 46.2 Å². The number of para-hydroxylation sites is 2. The number of carbonyl (C=O) groups is 2. The summed E-state index contributed by atoms with van der Waals surface area (Å²) in [5.74, 6) is -1.03. The second-order valence-corrected chi connectivity index (χ2v) is 15.3. The van der Waals surface area contributed by atoms with Crippen LogP contribution in [0, 0.1) is 0 Å². The minimum Gasteiger partial charge on any atom is -0.477 e. The third-order valence-electron chi connectivity index (χ3n) is 11.1. The number of anilines is 2. The fraction of sp³-hybridized carbons (Fsp3) is 0.115. The van der Waals surface area contributed by atoms with E-state index < -0.39 is 5.97 Å². The van der Waals surface area contributed by atoms with Crippen molar-refractivity contribution in [3.05, 3.63) is 193 Å². The van der Waals surface area contributed by atoms with E-state index in [-0.39, 0.29) is 5.91 Å². The maximum Gasteiger partial charge on any atom is 0.352 e. The van der Waals surface area contributed by atoms with Crippen molar-refractivity contribution in [2.45, 2.75) is 26.7 Å². The Bertz CT molecular complexity index is 3220. The van der Waals surface area contributed by atoms with Crippen LogP contribution in [0.5, 0.6) is 0 Å². The number of nitrogens with one attached hydrogen (secondary N) is 2. The molecule has 6 aromatic heterocycles. The average molecular weight is 862 g/mol. The fourth-order valence-corrected chi connectivity index (χ4v) is 7.67. The maximum atomic E-state index is 12.9. The van der Waals surface area contributed by atoms with Crippen LogP contribution in [-0.2, 0) is 26.9 Å². The van der Waals surface area contributed by atoms with Crippen LogP contribution in [0.2, 0.25) is 0 Å². The molecule has 0 spiro atoms. The number of nitrogens with zero attached hydrogens (tertiary/aromatic N) is 7. The normalized spacial score (nSPS) is 10.8. The molecular formula is C52H49N10O3+. The first-order chi connectivity index (χ1) is 31.6. The molecule has 0 aliphatic carbocycles. The molecule has 65 heavy (non-hydrogen) atoms. The molecule has 0 aliphatic heterocycles. The first-order valence-corrected chi connectivity index (χ1v) is 21.3. The van der Waals surface area contributed by atoms with E-state index >= 15 is 0 Å². The van der Waals surface area contributed by atoms with Gasteiger partial charge in [0.2, 0.25) is 11.4 Å². The molecule has 0 atom stereocenters. The number of aromatic carboxylic acids is 1. The molecule has 13 nitrogen and oxygen atoms in total. The van der Waals surface area contributed by atoms with Gasteiger partial charge in [0.15, 0.2) is 0 Å². The largest absolute Gasteiger partial charge is 0.477 e. The Morgan fingerprint density at radius 3 is 1.86 bits per heavy atom. The summed E-state index contributed by atoms with van der Waals surface area (Å²) < 4.78 is 7.62. The van der Waals surface area contributed by atoms with Crippen LogP contribution in [0.25, 0.3) is 55.7 Å². The van der Waals surface area contributed by atoms with Crippen molar-refractivity contribution in [2.24, 2.45) is 14.1 Å². The highest BCUT2D eigenvalue weighted by atomic mass is 16.4. The van der Waals surface area contributed by atoms with E-state index in [0.717, 1.165) is 85.6 Å². The van der Waals surface area contributed by atoms with Gasteiger partial charge in [0.05, 0.1) is 11.4 Å². The molecule has 6 heterocycles. The van der Waals surface area contributed by atoms with Gasteiger partial charge < -0.3 is 25.3 Å². The van der Waals surface area contributed by atoms with Gasteiger partial charge in [-0.3, -0.25) is 14.8 Å². The number of nitrogen functional groups attached to an aromatic ring is 1. The Kier molecular flexibility index (Phi) is 12.7. The van der Waals surface area contributed by atoms with E-state index in [2.05, 4.69) is 51.0 Å². The lowest BCUT2D eigenvalue weighted by Gasteiger charge is -2.09. The minimum atomic E-state index is -0.890. The molecule has 1 amide bonds. The standard InChI is InChI=1S/C26H23N5O.C16H16N4.C10H9NO2/c1-3-21-16-23(19-8-6-14-27-17-19)29-31(21)22-12-10-20(11-13-22)28-26(32)25-15-18-7-4-5-9-24(18)30(25)2;1-2-14-10-16(12-4-3-9-18-11-12)19-20(14)15-7-5-13(17)6-8-15;1-11-8-5-3-2-4-7(8)6-9(11)10(12)13/h4-17H,3H2,1-2H3,(H,28,32);3-11H,2,17H2,1H3;2-6H,1H3,(H,12,13)/p+1. The van der Waals surface area contributed by atoms with Crippen LogP contribution in [-0.4, -0.2) is 51.0 Å². The summed E-state index contributed by atoms with van der Waals surface area (Å²) in [4.78, 5) is 32.0. The number of H-pyrrole nitrogens is 1. The number of pyridine rings is 2. The van der Waals surface area contributed by atoms with Crippen LogP contribution >= 0.6 is 0 Å². The molecule has 0 bridgehead atoms. The molecule has 0 aliphatic rings. The minimum absolute atomic E-state index is 0.136. The molecule has 0 fully saturated rings. The number of aromatic amines is 1. The van der Waals surface area contributed by atoms with Crippen molar-refractivity contribution in [2.75, 3.05) is 11.1 Å². The molecule has 13 heteroatoms. The number of benzene rings is 4. The quantitative estimate of drug-likeness (QED) is 0.0829. The molecular weight excluding hydrogens is 813 g/mol. The number of nitrogens with two attached hydrogens (primary N) is 1. The number of rotatable bonds is 9. The van der Waals surface area contributed by atoms with Gasteiger partial charge in [0, 0.05) is 114 Å². The Balaban J connectivity index is 0.000000148. The van der Waals surface area contributed by atoms with E-state index in [1.54, 1.807) is 30.1 Å². The van der Waals surface area contributed by atoms with Gasteiger partial charge in [-0.2, -0.15) is 10.2 Å². The van der Waals surface area contributed by atoms with Gasteiger partial charge in [-0.1, -0.05) is 54.9 Å². The van der Waals surface area contributed by atoms with Gasteiger partial charge >= 0.3 is 5.97 Å². The summed E-state index contributed by atoms with van der Waals surface area (Å²) in [5.41, 5.74) is 18.5. The van der Waals surface area contributed by atoms with Gasteiger partial charge in [-0.05, 0) is 97.4 Å². The first-order valence-electron chi connectivity index (χ1n) is 21.3. The van der Waals surface area contributed by atoms with Crippen LogP contribution in [0.3, 0.4) is 0 Å². The molecule has 0 unspecified atom stereocenters. The third-order valence-corrected chi connectivity index (χ3v) is 11.1. The molecule has 10 aromatic rings. The lowest BCUT2D eigenvalue weighted by Crippen LogP contribution is -2.36. The Labute approximate surface area is 376 Å². The fourth-order valence-electron chi connectivity index (χ4n) is 7.67. The van der Waals surface area contributed by atoms with Gasteiger partial charge in [0.25, 0.3) is 5.91 Å². The summed E-state index contributed by atoms with van der Waals surface area (Å²) in [6, 6.07) is 46.9. The molecule has 324 valence electrons. The highest BCUT2D eigenvalue weighted by molar-refractivity contribution is 6.06. The van der Waals surface area contributed by atoms with E-state index in [0.29, 0.717) is 11.4 Å². The average Bonchev–Trinajstić information content (AvgIpc) is 4.14. The Morgan fingerprint density at radius 1 is 0.692 bits per heavy atom. The van der Waals surface area contributed by atoms with Crippen molar-refractivity contribution in [1.29, 1.82) is 0 Å².